The third kappa shape index (κ3) is 2.60. The van der Waals surface area contributed by atoms with Crippen molar-refractivity contribution in [2.75, 3.05) is 10.9 Å². The summed E-state index contributed by atoms with van der Waals surface area (Å²) in [4.78, 5) is 15.0. The molecule has 0 fully saturated rings. The van der Waals surface area contributed by atoms with E-state index in [0.29, 0.717) is 0 Å². The van der Waals surface area contributed by atoms with E-state index in [1.54, 1.807) is 12.1 Å². The number of anilines is 2. The second kappa shape index (κ2) is 5.33. The SMILES string of the molecule is NNc1nc(NN)nc(-n2c(C(F)(F)F)nc3ccccc32)n1. The lowest BCUT2D eigenvalue weighted by Gasteiger charge is -2.11. The van der Waals surface area contributed by atoms with E-state index in [1.165, 1.54) is 12.1 Å². The predicted molar refractivity (Wildman–Crippen MR) is 75.1 cm³/mol. The molecule has 0 saturated heterocycles. The maximum atomic E-state index is 13.3. The van der Waals surface area contributed by atoms with Gasteiger partial charge in [0.2, 0.25) is 23.7 Å². The molecule has 0 spiro atoms. The first-order valence-electron chi connectivity index (χ1n) is 6.18. The first kappa shape index (κ1) is 14.9. The molecule has 0 saturated carbocycles. The van der Waals surface area contributed by atoms with Crippen molar-refractivity contribution in [1.82, 2.24) is 24.5 Å². The number of nitrogen functional groups attached to an aromatic ring is 2. The van der Waals surface area contributed by atoms with Crippen molar-refractivity contribution in [3.63, 3.8) is 0 Å². The number of hydrogen-bond acceptors (Lipinski definition) is 8. The van der Waals surface area contributed by atoms with Gasteiger partial charge in [-0.2, -0.15) is 28.1 Å². The zero-order chi connectivity index (χ0) is 16.6. The first-order chi connectivity index (χ1) is 10.9. The largest absolute Gasteiger partial charge is 0.450 e. The molecule has 0 aliphatic carbocycles. The van der Waals surface area contributed by atoms with Gasteiger partial charge in [0.1, 0.15) is 0 Å². The number of nitrogens with one attached hydrogen (secondary N) is 2. The highest BCUT2D eigenvalue weighted by Crippen LogP contribution is 2.33. The minimum atomic E-state index is -4.71. The number of fused-ring (bicyclic) bond motifs is 1. The average molecular weight is 325 g/mol. The number of nitrogens with zero attached hydrogens (tertiary/aromatic N) is 5. The van der Waals surface area contributed by atoms with Crippen LogP contribution in [0.15, 0.2) is 24.3 Å². The second-order valence-electron chi connectivity index (χ2n) is 4.33. The Kier molecular flexibility index (Phi) is 3.46. The number of imidazole rings is 1. The van der Waals surface area contributed by atoms with Crippen LogP contribution in [-0.4, -0.2) is 24.5 Å². The number of hydrogen-bond donors (Lipinski definition) is 4. The monoisotopic (exact) mass is 325 g/mol. The Labute approximate surface area is 126 Å². The minimum absolute atomic E-state index is 0.143. The summed E-state index contributed by atoms with van der Waals surface area (Å²) in [5.74, 6) is 8.61. The first-order valence-corrected chi connectivity index (χ1v) is 6.18. The number of para-hydroxylation sites is 2. The van der Waals surface area contributed by atoms with Crippen LogP contribution in [0.2, 0.25) is 0 Å². The molecule has 6 N–H and O–H groups in total. The Morgan fingerprint density at radius 2 is 1.52 bits per heavy atom. The molecule has 9 nitrogen and oxygen atoms in total. The fourth-order valence-electron chi connectivity index (χ4n) is 2.01. The Balaban J connectivity index is 2.35. The van der Waals surface area contributed by atoms with E-state index in [1.807, 2.05) is 0 Å². The molecule has 120 valence electrons. The molecule has 2 heterocycles. The summed E-state index contributed by atoms with van der Waals surface area (Å²) in [5, 5.41) is 0. The molecule has 23 heavy (non-hydrogen) atoms. The van der Waals surface area contributed by atoms with Gasteiger partial charge in [0.05, 0.1) is 11.0 Å². The van der Waals surface area contributed by atoms with Gasteiger partial charge in [-0.1, -0.05) is 12.1 Å². The van der Waals surface area contributed by atoms with Crippen molar-refractivity contribution in [2.24, 2.45) is 11.7 Å². The van der Waals surface area contributed by atoms with Crippen LogP contribution < -0.4 is 22.5 Å². The summed E-state index contributed by atoms with van der Waals surface area (Å²) in [6.07, 6.45) is -4.71. The lowest BCUT2D eigenvalue weighted by Crippen LogP contribution is -2.20. The van der Waals surface area contributed by atoms with Crippen molar-refractivity contribution < 1.29 is 13.2 Å². The zero-order valence-electron chi connectivity index (χ0n) is 11.3. The topological polar surface area (TPSA) is 133 Å². The fraction of sp³-hybridized carbons (Fsp3) is 0.0909. The number of benzene rings is 1. The Hall–Kier alpha value is -2.99. The molecule has 3 rings (SSSR count). The van der Waals surface area contributed by atoms with Gasteiger partial charge in [0, 0.05) is 0 Å². The molecule has 1 aromatic carbocycles. The standard InChI is InChI=1S/C11H10F3N9/c12-11(13,14)7-17-5-3-1-2-4-6(5)23(7)10-19-8(21-15)18-9(20-10)22-16/h1-4H,15-16H2,(H2,18,19,20,21,22). The van der Waals surface area contributed by atoms with Gasteiger partial charge in [-0.05, 0) is 12.1 Å². The number of nitrogens with two attached hydrogens (primary N) is 2. The average Bonchev–Trinajstić information content (AvgIpc) is 2.94. The summed E-state index contributed by atoms with van der Waals surface area (Å²) < 4.78 is 40.7. The van der Waals surface area contributed by atoms with E-state index in [9.17, 15) is 13.2 Å². The molecular weight excluding hydrogens is 315 g/mol. The van der Waals surface area contributed by atoms with Gasteiger partial charge in [-0.15, -0.1) is 0 Å². The van der Waals surface area contributed by atoms with Gasteiger partial charge in [0.25, 0.3) is 0 Å². The van der Waals surface area contributed by atoms with Crippen LogP contribution in [0, 0.1) is 0 Å². The van der Waals surface area contributed by atoms with Crippen LogP contribution in [0.1, 0.15) is 5.82 Å². The van der Waals surface area contributed by atoms with E-state index in [-0.39, 0.29) is 28.9 Å². The summed E-state index contributed by atoms with van der Waals surface area (Å²) in [7, 11) is 0. The molecule has 0 bridgehead atoms. The summed E-state index contributed by atoms with van der Waals surface area (Å²) in [6, 6.07) is 6.07. The van der Waals surface area contributed by atoms with Crippen LogP contribution in [0.5, 0.6) is 0 Å². The van der Waals surface area contributed by atoms with E-state index < -0.39 is 12.0 Å². The molecule has 3 aromatic rings. The van der Waals surface area contributed by atoms with Crippen molar-refractivity contribution in [3.8, 4) is 5.95 Å². The molecule has 2 aromatic heterocycles. The van der Waals surface area contributed by atoms with Crippen LogP contribution in [0.4, 0.5) is 25.1 Å². The van der Waals surface area contributed by atoms with Gasteiger partial charge in [-0.3, -0.25) is 15.4 Å². The van der Waals surface area contributed by atoms with Crippen LogP contribution in [0.3, 0.4) is 0 Å². The lowest BCUT2D eigenvalue weighted by molar-refractivity contribution is -0.145. The van der Waals surface area contributed by atoms with E-state index in [0.717, 1.165) is 4.57 Å². The Bertz CT molecular complexity index is 835. The number of rotatable bonds is 3. The van der Waals surface area contributed by atoms with Crippen molar-refractivity contribution in [1.29, 1.82) is 0 Å². The molecule has 0 atom stereocenters. The quantitative estimate of drug-likeness (QED) is 0.410. The van der Waals surface area contributed by atoms with E-state index in [2.05, 4.69) is 30.8 Å². The molecule has 0 radical (unpaired) electrons. The smallest absolute Gasteiger partial charge is 0.292 e. The third-order valence-corrected chi connectivity index (χ3v) is 2.90. The lowest BCUT2D eigenvalue weighted by atomic mass is 10.3. The summed E-state index contributed by atoms with van der Waals surface area (Å²) in [5.41, 5.74) is 4.60. The number of aromatic nitrogens is 5. The summed E-state index contributed by atoms with van der Waals surface area (Å²) in [6.45, 7) is 0. The van der Waals surface area contributed by atoms with Crippen LogP contribution >= 0.6 is 0 Å². The van der Waals surface area contributed by atoms with Gasteiger partial charge >= 0.3 is 6.18 Å². The fourth-order valence-corrected chi connectivity index (χ4v) is 2.01. The number of halogens is 3. The van der Waals surface area contributed by atoms with Crippen LogP contribution in [-0.2, 0) is 6.18 Å². The summed E-state index contributed by atoms with van der Waals surface area (Å²) >= 11 is 0. The van der Waals surface area contributed by atoms with Crippen molar-refractivity contribution in [3.05, 3.63) is 30.1 Å². The molecule has 0 aliphatic heterocycles. The Morgan fingerprint density at radius 1 is 0.913 bits per heavy atom. The van der Waals surface area contributed by atoms with E-state index >= 15 is 0 Å². The van der Waals surface area contributed by atoms with Gasteiger partial charge < -0.3 is 0 Å². The molecule has 12 heteroatoms. The normalized spacial score (nSPS) is 11.7. The maximum absolute atomic E-state index is 13.3. The highest BCUT2D eigenvalue weighted by Gasteiger charge is 2.38. The van der Waals surface area contributed by atoms with Gasteiger partial charge in [0.15, 0.2) is 0 Å². The highest BCUT2D eigenvalue weighted by atomic mass is 19.4. The highest BCUT2D eigenvalue weighted by molar-refractivity contribution is 5.77. The molecule has 0 unspecified atom stereocenters. The third-order valence-electron chi connectivity index (χ3n) is 2.90. The van der Waals surface area contributed by atoms with Crippen molar-refractivity contribution in [2.45, 2.75) is 6.18 Å². The minimum Gasteiger partial charge on any atom is -0.292 e. The number of hydrazine groups is 2. The van der Waals surface area contributed by atoms with Gasteiger partial charge in [-0.25, -0.2) is 16.7 Å². The maximum Gasteiger partial charge on any atom is 0.450 e. The van der Waals surface area contributed by atoms with E-state index in [4.69, 9.17) is 11.7 Å². The van der Waals surface area contributed by atoms with Crippen molar-refractivity contribution >= 4 is 22.9 Å². The molecular formula is C11H10F3N9. The molecule has 0 amide bonds. The second-order valence-corrected chi connectivity index (χ2v) is 4.33. The number of alkyl halides is 3. The predicted octanol–water partition coefficient (Wildman–Crippen LogP) is 0.800. The Morgan fingerprint density at radius 3 is 2.09 bits per heavy atom. The molecule has 0 aliphatic rings. The zero-order valence-corrected chi connectivity index (χ0v) is 11.3. The van der Waals surface area contributed by atoms with Crippen LogP contribution in [0.25, 0.3) is 17.0 Å².